The van der Waals surface area contributed by atoms with Gasteiger partial charge in [0.2, 0.25) is 10.0 Å². The van der Waals surface area contributed by atoms with Crippen molar-refractivity contribution in [2.75, 3.05) is 6.54 Å². The molecule has 20 heavy (non-hydrogen) atoms. The number of nitrogens with zero attached hydrogens (tertiary/aromatic N) is 2. The molecule has 1 aliphatic rings. The molecule has 2 atom stereocenters. The molecule has 0 amide bonds. The average molecular weight is 317 g/mol. The molecular formula is C12H17ClN4O2S. The molecule has 110 valence electrons. The van der Waals surface area contributed by atoms with E-state index in [1.54, 1.807) is 6.07 Å². The molecule has 1 fully saturated rings. The van der Waals surface area contributed by atoms with Gasteiger partial charge < -0.3 is 5.32 Å². The first-order chi connectivity index (χ1) is 9.04. The highest BCUT2D eigenvalue weighted by Gasteiger charge is 2.28. The third kappa shape index (κ3) is 3.67. The van der Waals surface area contributed by atoms with E-state index in [0.29, 0.717) is 0 Å². The van der Waals surface area contributed by atoms with Crippen LogP contribution >= 0.6 is 12.4 Å². The van der Waals surface area contributed by atoms with Crippen LogP contribution in [0.25, 0.3) is 0 Å². The van der Waals surface area contributed by atoms with Gasteiger partial charge in [-0.1, -0.05) is 0 Å². The third-order valence-corrected chi connectivity index (χ3v) is 4.76. The first kappa shape index (κ1) is 16.9. The largest absolute Gasteiger partial charge is 0.313 e. The zero-order valence-corrected chi connectivity index (χ0v) is 12.7. The van der Waals surface area contributed by atoms with Crippen molar-refractivity contribution >= 4 is 22.4 Å². The predicted molar refractivity (Wildman–Crippen MR) is 77.0 cm³/mol. The van der Waals surface area contributed by atoms with Gasteiger partial charge in [0, 0.05) is 18.3 Å². The van der Waals surface area contributed by atoms with Crippen LogP contribution in [0.2, 0.25) is 0 Å². The standard InChI is InChI=1S/C12H16N4O2S.ClH/c1-9-10(4-2-6-14-9)16-19(17,18)12-5-3-7-15-11(12)8-13;/h3,5,7,9-10,14,16H,2,4,6H2,1H3;1H. The number of nitrogens with one attached hydrogen (secondary N) is 2. The van der Waals surface area contributed by atoms with E-state index in [-0.39, 0.29) is 35.1 Å². The summed E-state index contributed by atoms with van der Waals surface area (Å²) in [5.74, 6) is 0. The Morgan fingerprint density at radius 2 is 2.30 bits per heavy atom. The molecule has 0 radical (unpaired) electrons. The first-order valence-corrected chi connectivity index (χ1v) is 7.64. The fraction of sp³-hybridized carbons (Fsp3) is 0.500. The zero-order chi connectivity index (χ0) is 13.9. The number of aromatic nitrogens is 1. The van der Waals surface area contributed by atoms with Gasteiger partial charge in [-0.15, -0.1) is 12.4 Å². The van der Waals surface area contributed by atoms with Crippen molar-refractivity contribution in [1.29, 1.82) is 5.26 Å². The highest BCUT2D eigenvalue weighted by molar-refractivity contribution is 7.89. The van der Waals surface area contributed by atoms with E-state index < -0.39 is 10.0 Å². The molecule has 1 saturated heterocycles. The molecule has 0 aromatic carbocycles. The van der Waals surface area contributed by atoms with Gasteiger partial charge in [0.15, 0.2) is 5.69 Å². The number of hydrogen-bond donors (Lipinski definition) is 2. The van der Waals surface area contributed by atoms with Crippen molar-refractivity contribution in [2.24, 2.45) is 0 Å². The molecule has 0 bridgehead atoms. The Labute approximate surface area is 125 Å². The molecule has 0 spiro atoms. The first-order valence-electron chi connectivity index (χ1n) is 6.15. The van der Waals surface area contributed by atoms with Crippen molar-refractivity contribution in [2.45, 2.75) is 36.7 Å². The van der Waals surface area contributed by atoms with Gasteiger partial charge in [-0.25, -0.2) is 18.1 Å². The molecule has 1 aliphatic heterocycles. The Hall–Kier alpha value is -1.20. The highest BCUT2D eigenvalue weighted by atomic mass is 35.5. The van der Waals surface area contributed by atoms with Crippen LogP contribution in [0.4, 0.5) is 0 Å². The van der Waals surface area contributed by atoms with Crippen molar-refractivity contribution in [3.8, 4) is 6.07 Å². The zero-order valence-electron chi connectivity index (χ0n) is 11.0. The van der Waals surface area contributed by atoms with Crippen LogP contribution in [-0.4, -0.2) is 32.0 Å². The maximum atomic E-state index is 12.3. The molecule has 2 N–H and O–H groups in total. The van der Waals surface area contributed by atoms with Crippen molar-refractivity contribution < 1.29 is 8.42 Å². The fourth-order valence-corrected chi connectivity index (χ4v) is 3.62. The maximum absolute atomic E-state index is 12.3. The minimum Gasteiger partial charge on any atom is -0.313 e. The number of nitriles is 1. The fourth-order valence-electron chi connectivity index (χ4n) is 2.16. The van der Waals surface area contributed by atoms with Crippen LogP contribution in [0.5, 0.6) is 0 Å². The van der Waals surface area contributed by atoms with Crippen molar-refractivity contribution in [3.63, 3.8) is 0 Å². The minimum absolute atomic E-state index is 0. The predicted octanol–water partition coefficient (Wildman–Crippen LogP) is 0.794. The van der Waals surface area contributed by atoms with Gasteiger partial charge in [-0.3, -0.25) is 0 Å². The highest BCUT2D eigenvalue weighted by Crippen LogP contribution is 2.16. The number of pyridine rings is 1. The Kier molecular flexibility index (Phi) is 5.89. The average Bonchev–Trinajstić information content (AvgIpc) is 2.41. The smallest absolute Gasteiger partial charge is 0.243 e. The number of sulfonamides is 1. The Balaban J connectivity index is 0.00000200. The summed E-state index contributed by atoms with van der Waals surface area (Å²) >= 11 is 0. The van der Waals surface area contributed by atoms with Gasteiger partial charge >= 0.3 is 0 Å². The topological polar surface area (TPSA) is 94.9 Å². The lowest BCUT2D eigenvalue weighted by atomic mass is 10.0. The summed E-state index contributed by atoms with van der Waals surface area (Å²) in [6.07, 6.45) is 3.12. The molecule has 0 saturated carbocycles. The molecule has 2 rings (SSSR count). The van der Waals surface area contributed by atoms with Gasteiger partial charge in [0.05, 0.1) is 0 Å². The minimum atomic E-state index is -3.71. The van der Waals surface area contributed by atoms with Crippen LogP contribution in [0, 0.1) is 11.3 Å². The van der Waals surface area contributed by atoms with E-state index in [1.807, 2.05) is 6.92 Å². The number of piperidine rings is 1. The van der Waals surface area contributed by atoms with Crippen LogP contribution in [-0.2, 0) is 10.0 Å². The van der Waals surface area contributed by atoms with E-state index in [4.69, 9.17) is 5.26 Å². The second kappa shape index (κ2) is 6.99. The molecule has 2 unspecified atom stereocenters. The van der Waals surface area contributed by atoms with Gasteiger partial charge in [-0.2, -0.15) is 5.26 Å². The van der Waals surface area contributed by atoms with Crippen LogP contribution in [0.15, 0.2) is 23.2 Å². The van der Waals surface area contributed by atoms with Gasteiger partial charge in [-0.05, 0) is 38.4 Å². The van der Waals surface area contributed by atoms with E-state index in [0.717, 1.165) is 19.4 Å². The van der Waals surface area contributed by atoms with E-state index >= 15 is 0 Å². The summed E-state index contributed by atoms with van der Waals surface area (Å²) < 4.78 is 27.2. The number of halogens is 1. The third-order valence-electron chi connectivity index (χ3n) is 3.23. The molecule has 1 aromatic heterocycles. The maximum Gasteiger partial charge on any atom is 0.243 e. The number of rotatable bonds is 3. The van der Waals surface area contributed by atoms with E-state index in [1.165, 1.54) is 18.3 Å². The Morgan fingerprint density at radius 3 is 2.95 bits per heavy atom. The second-order valence-corrected chi connectivity index (χ2v) is 6.26. The molecule has 2 heterocycles. The number of hydrogen-bond acceptors (Lipinski definition) is 5. The lowest BCUT2D eigenvalue weighted by Gasteiger charge is -2.30. The molecule has 0 aliphatic carbocycles. The van der Waals surface area contributed by atoms with E-state index in [2.05, 4.69) is 15.0 Å². The van der Waals surface area contributed by atoms with Crippen molar-refractivity contribution in [1.82, 2.24) is 15.0 Å². The molecule has 1 aromatic rings. The lowest BCUT2D eigenvalue weighted by molar-refractivity contribution is 0.348. The summed E-state index contributed by atoms with van der Waals surface area (Å²) in [5.41, 5.74) is -0.0774. The molecule has 6 nitrogen and oxygen atoms in total. The molecule has 8 heteroatoms. The van der Waals surface area contributed by atoms with Crippen LogP contribution in [0.1, 0.15) is 25.5 Å². The Bertz CT molecular complexity index is 600. The summed E-state index contributed by atoms with van der Waals surface area (Å²) in [7, 11) is -3.71. The summed E-state index contributed by atoms with van der Waals surface area (Å²) in [4.78, 5) is 3.72. The summed E-state index contributed by atoms with van der Waals surface area (Å²) in [6, 6.07) is 4.63. The second-order valence-electron chi connectivity index (χ2n) is 4.57. The van der Waals surface area contributed by atoms with Crippen LogP contribution in [0.3, 0.4) is 0 Å². The van der Waals surface area contributed by atoms with Gasteiger partial charge in [0.25, 0.3) is 0 Å². The monoisotopic (exact) mass is 316 g/mol. The SMILES string of the molecule is CC1NCCCC1NS(=O)(=O)c1cccnc1C#N.Cl. The van der Waals surface area contributed by atoms with Crippen LogP contribution < -0.4 is 10.0 Å². The van der Waals surface area contributed by atoms with E-state index in [9.17, 15) is 8.42 Å². The lowest BCUT2D eigenvalue weighted by Crippen LogP contribution is -2.51. The quantitative estimate of drug-likeness (QED) is 0.860. The van der Waals surface area contributed by atoms with Gasteiger partial charge in [0.1, 0.15) is 11.0 Å². The summed E-state index contributed by atoms with van der Waals surface area (Å²) in [5, 5.41) is 12.1. The molecular weight excluding hydrogens is 300 g/mol. The van der Waals surface area contributed by atoms with Crippen molar-refractivity contribution in [3.05, 3.63) is 24.0 Å². The normalized spacial score (nSPS) is 22.6. The summed E-state index contributed by atoms with van der Waals surface area (Å²) in [6.45, 7) is 2.84. The Morgan fingerprint density at radius 1 is 1.55 bits per heavy atom.